The maximum atomic E-state index is 12.2. The van der Waals surface area contributed by atoms with E-state index in [4.69, 9.17) is 15.6 Å². The maximum absolute atomic E-state index is 12.2. The van der Waals surface area contributed by atoms with E-state index >= 15 is 0 Å². The van der Waals surface area contributed by atoms with Gasteiger partial charge < -0.3 is 20.7 Å². The molecule has 1 aromatic heterocycles. The Kier molecular flexibility index (Phi) is 3.93. The normalized spacial score (nSPS) is 27.2. The number of nitrogens with two attached hydrogens (primary N) is 1. The van der Waals surface area contributed by atoms with Crippen molar-refractivity contribution < 1.29 is 19.3 Å². The molecule has 1 aromatic rings. The lowest BCUT2D eigenvalue weighted by molar-refractivity contribution is -0.0458. The van der Waals surface area contributed by atoms with Gasteiger partial charge in [0, 0.05) is 18.2 Å². The summed E-state index contributed by atoms with van der Waals surface area (Å²) in [6, 6.07) is 0. The third-order valence-corrected chi connectivity index (χ3v) is 2.95. The Balaban J connectivity index is 2.35. The van der Waals surface area contributed by atoms with Gasteiger partial charge in [-0.05, 0) is 6.08 Å². The smallest absolute Gasteiger partial charge is 0.351 e. The average molecular weight is 271 g/mol. The molecule has 0 unspecified atom stereocenters. The van der Waals surface area contributed by atoms with Crippen LogP contribution in [0.3, 0.4) is 0 Å². The first kappa shape index (κ1) is 13.7. The van der Waals surface area contributed by atoms with Crippen LogP contribution in [0.2, 0.25) is 0 Å². The number of aromatic nitrogens is 2. The van der Waals surface area contributed by atoms with Gasteiger partial charge in [-0.15, -0.1) is 0 Å². The molecule has 2 heterocycles. The number of nitrogen functional groups attached to an aromatic ring is 1. The molecule has 2 rings (SSSR count). The van der Waals surface area contributed by atoms with Crippen LogP contribution >= 0.6 is 0 Å². The predicted octanol–water partition coefficient (Wildman–Crippen LogP) is -0.594. The van der Waals surface area contributed by atoms with Crippen LogP contribution in [0.25, 0.3) is 6.08 Å². The number of anilines is 1. The molecule has 8 heteroatoms. The first-order chi connectivity index (χ1) is 9.06. The Morgan fingerprint density at radius 3 is 3.00 bits per heavy atom. The van der Waals surface area contributed by atoms with Crippen LogP contribution in [0, 0.1) is 0 Å². The van der Waals surface area contributed by atoms with Gasteiger partial charge in [-0.1, -0.05) is 0 Å². The molecule has 0 aromatic carbocycles. The fraction of sp³-hybridized carbons (Fsp3) is 0.455. The largest absolute Gasteiger partial charge is 0.394 e. The summed E-state index contributed by atoms with van der Waals surface area (Å²) in [6.07, 6.45) is 0.387. The second-order valence-electron chi connectivity index (χ2n) is 4.18. The summed E-state index contributed by atoms with van der Waals surface area (Å²) < 4.78 is 18.6. The van der Waals surface area contributed by atoms with Gasteiger partial charge in [-0.3, -0.25) is 4.57 Å². The minimum Gasteiger partial charge on any atom is -0.394 e. The fourth-order valence-electron chi connectivity index (χ4n) is 1.95. The Hall–Kier alpha value is -1.77. The summed E-state index contributed by atoms with van der Waals surface area (Å²) in [7, 11) is 0. The molecule has 0 amide bonds. The third-order valence-electron chi connectivity index (χ3n) is 2.95. The number of halogens is 1. The minimum atomic E-state index is -0.875. The van der Waals surface area contributed by atoms with Gasteiger partial charge in [0.05, 0.1) is 19.0 Å². The van der Waals surface area contributed by atoms with Crippen molar-refractivity contribution in [3.05, 3.63) is 28.6 Å². The lowest BCUT2D eigenvalue weighted by Crippen LogP contribution is -2.28. The van der Waals surface area contributed by atoms with E-state index in [1.165, 1.54) is 6.20 Å². The molecule has 0 spiro atoms. The number of rotatable bonds is 3. The standard InChI is InChI=1S/C11H14FN3O4/c12-2-1-6-4-15(11(18)14-10(6)13)9-3-7(17)8(5-16)19-9/h1-2,4,7-9,16-17H,3,5H2,(H2,13,14,18)/t7-,8+,9-/m1/s1. The highest BCUT2D eigenvalue weighted by Gasteiger charge is 2.35. The van der Waals surface area contributed by atoms with Crippen molar-refractivity contribution in [1.29, 1.82) is 0 Å². The van der Waals surface area contributed by atoms with E-state index in [9.17, 15) is 14.3 Å². The molecule has 104 valence electrons. The Labute approximate surface area is 107 Å². The van der Waals surface area contributed by atoms with Crippen molar-refractivity contribution >= 4 is 11.9 Å². The van der Waals surface area contributed by atoms with Crippen molar-refractivity contribution in [2.45, 2.75) is 24.9 Å². The Morgan fingerprint density at radius 2 is 2.42 bits per heavy atom. The molecule has 0 bridgehead atoms. The highest BCUT2D eigenvalue weighted by molar-refractivity contribution is 5.58. The van der Waals surface area contributed by atoms with E-state index < -0.39 is 24.1 Å². The van der Waals surface area contributed by atoms with E-state index in [1.807, 2.05) is 0 Å². The van der Waals surface area contributed by atoms with Gasteiger partial charge in [-0.25, -0.2) is 9.18 Å². The van der Waals surface area contributed by atoms with Crippen molar-refractivity contribution in [2.75, 3.05) is 12.3 Å². The van der Waals surface area contributed by atoms with E-state index in [0.717, 1.165) is 10.6 Å². The summed E-state index contributed by atoms with van der Waals surface area (Å²) in [5, 5.41) is 18.6. The molecule has 1 aliphatic rings. The van der Waals surface area contributed by atoms with E-state index in [0.29, 0.717) is 0 Å². The maximum Gasteiger partial charge on any atom is 0.351 e. The van der Waals surface area contributed by atoms with Gasteiger partial charge in [0.2, 0.25) is 0 Å². The van der Waals surface area contributed by atoms with Crippen molar-refractivity contribution in [2.24, 2.45) is 0 Å². The van der Waals surface area contributed by atoms with Gasteiger partial charge in [0.25, 0.3) is 0 Å². The zero-order valence-electron chi connectivity index (χ0n) is 9.94. The van der Waals surface area contributed by atoms with Crippen LogP contribution in [0.1, 0.15) is 18.2 Å². The number of nitrogens with zero attached hydrogens (tertiary/aromatic N) is 2. The van der Waals surface area contributed by atoms with Gasteiger partial charge in [-0.2, -0.15) is 4.98 Å². The second-order valence-corrected chi connectivity index (χ2v) is 4.18. The molecule has 3 atom stereocenters. The van der Waals surface area contributed by atoms with Gasteiger partial charge in [0.1, 0.15) is 18.1 Å². The fourth-order valence-corrected chi connectivity index (χ4v) is 1.95. The van der Waals surface area contributed by atoms with Crippen LogP contribution in [-0.4, -0.2) is 38.6 Å². The Bertz CT molecular complexity index is 545. The van der Waals surface area contributed by atoms with Crippen LogP contribution in [0.15, 0.2) is 17.3 Å². The SMILES string of the molecule is Nc1nc(=O)n([C@H]2C[C@@H](O)[C@H](CO)O2)cc1C=CF. The lowest BCUT2D eigenvalue weighted by Gasteiger charge is -2.15. The summed E-state index contributed by atoms with van der Waals surface area (Å²) in [4.78, 5) is 15.3. The number of aliphatic hydroxyl groups excluding tert-OH is 2. The summed E-state index contributed by atoms with van der Waals surface area (Å²) >= 11 is 0. The van der Waals surface area contributed by atoms with Crippen molar-refractivity contribution in [3.8, 4) is 0 Å². The van der Waals surface area contributed by atoms with Crippen LogP contribution < -0.4 is 11.4 Å². The zero-order chi connectivity index (χ0) is 14.0. The van der Waals surface area contributed by atoms with E-state index in [1.54, 1.807) is 0 Å². The summed E-state index contributed by atoms with van der Waals surface area (Å²) in [6.45, 7) is -0.355. The number of hydrogen-bond acceptors (Lipinski definition) is 6. The van der Waals surface area contributed by atoms with Gasteiger partial charge >= 0.3 is 5.69 Å². The highest BCUT2D eigenvalue weighted by atomic mass is 19.1. The highest BCUT2D eigenvalue weighted by Crippen LogP contribution is 2.27. The molecular formula is C11H14FN3O4. The summed E-state index contributed by atoms with van der Waals surface area (Å²) in [5.74, 6) is -0.0904. The average Bonchev–Trinajstić information content (AvgIpc) is 2.74. The van der Waals surface area contributed by atoms with Crippen LogP contribution in [0.4, 0.5) is 10.2 Å². The molecule has 0 aliphatic carbocycles. The molecule has 4 N–H and O–H groups in total. The monoisotopic (exact) mass is 271 g/mol. The number of hydrogen-bond donors (Lipinski definition) is 3. The first-order valence-corrected chi connectivity index (χ1v) is 5.66. The van der Waals surface area contributed by atoms with Gasteiger partial charge in [0.15, 0.2) is 0 Å². The zero-order valence-corrected chi connectivity index (χ0v) is 9.94. The van der Waals surface area contributed by atoms with E-state index in [-0.39, 0.29) is 30.7 Å². The quantitative estimate of drug-likeness (QED) is 0.677. The molecule has 0 saturated carbocycles. The predicted molar refractivity (Wildman–Crippen MR) is 64.7 cm³/mol. The molecule has 19 heavy (non-hydrogen) atoms. The number of ether oxygens (including phenoxy) is 1. The molecule has 1 fully saturated rings. The molecule has 1 aliphatic heterocycles. The van der Waals surface area contributed by atoms with E-state index in [2.05, 4.69) is 4.98 Å². The molecular weight excluding hydrogens is 257 g/mol. The first-order valence-electron chi connectivity index (χ1n) is 5.66. The van der Waals surface area contributed by atoms with Crippen LogP contribution in [-0.2, 0) is 4.74 Å². The third kappa shape index (κ3) is 2.65. The topological polar surface area (TPSA) is 111 Å². The van der Waals surface area contributed by atoms with Crippen molar-refractivity contribution in [3.63, 3.8) is 0 Å². The molecule has 1 saturated heterocycles. The van der Waals surface area contributed by atoms with Crippen LogP contribution in [0.5, 0.6) is 0 Å². The molecule has 0 radical (unpaired) electrons. The summed E-state index contributed by atoms with van der Waals surface area (Å²) in [5.41, 5.74) is 5.05. The lowest BCUT2D eigenvalue weighted by atomic mass is 10.2. The number of aliphatic hydroxyl groups is 2. The Morgan fingerprint density at radius 1 is 1.68 bits per heavy atom. The minimum absolute atomic E-state index is 0.0904. The molecule has 7 nitrogen and oxygen atoms in total. The second kappa shape index (κ2) is 5.47. The van der Waals surface area contributed by atoms with Crippen molar-refractivity contribution in [1.82, 2.24) is 9.55 Å².